The van der Waals surface area contributed by atoms with Crippen LogP contribution in [-0.4, -0.2) is 62.1 Å². The van der Waals surface area contributed by atoms with Crippen LogP contribution >= 0.6 is 0 Å². The zero-order valence-electron chi connectivity index (χ0n) is 16.9. The van der Waals surface area contributed by atoms with Gasteiger partial charge in [0.1, 0.15) is 5.82 Å². The second kappa shape index (κ2) is 7.44. The first kappa shape index (κ1) is 19.6. The fourth-order valence-electron chi connectivity index (χ4n) is 3.97. The van der Waals surface area contributed by atoms with Gasteiger partial charge in [0.05, 0.1) is 11.4 Å². The molecular weight excluding hydrogens is 340 g/mol. The molecule has 0 saturated carbocycles. The van der Waals surface area contributed by atoms with Crippen molar-refractivity contribution in [2.45, 2.75) is 39.3 Å². The smallest absolute Gasteiger partial charge is 0.327 e. The molecule has 0 spiro atoms. The van der Waals surface area contributed by atoms with Crippen molar-refractivity contribution in [3.05, 3.63) is 41.7 Å². The first-order valence-electron chi connectivity index (χ1n) is 9.50. The first-order valence-corrected chi connectivity index (χ1v) is 9.50. The fraction of sp³-hybridized carbons (Fsp3) is 0.524. The minimum atomic E-state index is -0.815. The van der Waals surface area contributed by atoms with E-state index in [9.17, 15) is 9.90 Å². The van der Waals surface area contributed by atoms with Crippen molar-refractivity contribution in [2.75, 3.05) is 26.2 Å². The summed E-state index contributed by atoms with van der Waals surface area (Å²) in [5, 5.41) is 10.0. The SMILES string of the molecule is Cc1nc(-c2ccccc2)n(C)c1C(C(=O)O)N1CCN(C(C)(C)C)CC1. The molecule has 1 aromatic heterocycles. The molecule has 1 unspecified atom stereocenters. The lowest BCUT2D eigenvalue weighted by atomic mass is 10.0. The van der Waals surface area contributed by atoms with Gasteiger partial charge < -0.3 is 9.67 Å². The number of aliphatic carboxylic acids is 1. The maximum Gasteiger partial charge on any atom is 0.327 e. The van der Waals surface area contributed by atoms with Crippen LogP contribution in [0.5, 0.6) is 0 Å². The number of aryl methyl sites for hydroxylation is 1. The highest BCUT2D eigenvalue weighted by molar-refractivity contribution is 5.76. The summed E-state index contributed by atoms with van der Waals surface area (Å²) >= 11 is 0. The van der Waals surface area contributed by atoms with Crippen LogP contribution in [0.2, 0.25) is 0 Å². The van der Waals surface area contributed by atoms with Gasteiger partial charge in [-0.25, -0.2) is 4.98 Å². The molecule has 1 aliphatic heterocycles. The van der Waals surface area contributed by atoms with E-state index >= 15 is 0 Å². The lowest BCUT2D eigenvalue weighted by Crippen LogP contribution is -2.55. The molecule has 0 bridgehead atoms. The van der Waals surface area contributed by atoms with Crippen LogP contribution < -0.4 is 0 Å². The number of carboxylic acids is 1. The summed E-state index contributed by atoms with van der Waals surface area (Å²) in [6, 6.07) is 9.24. The van der Waals surface area contributed by atoms with Crippen LogP contribution in [0.3, 0.4) is 0 Å². The van der Waals surface area contributed by atoms with Gasteiger partial charge in [-0.2, -0.15) is 0 Å². The van der Waals surface area contributed by atoms with Crippen molar-refractivity contribution in [3.63, 3.8) is 0 Å². The van der Waals surface area contributed by atoms with Crippen LogP contribution in [0.4, 0.5) is 0 Å². The summed E-state index contributed by atoms with van der Waals surface area (Å²) in [5.74, 6) is -0.00685. The predicted molar refractivity (Wildman–Crippen MR) is 107 cm³/mol. The van der Waals surface area contributed by atoms with Crippen molar-refractivity contribution in [1.29, 1.82) is 0 Å². The van der Waals surface area contributed by atoms with Gasteiger partial charge in [0.25, 0.3) is 0 Å². The predicted octanol–water partition coefficient (Wildman–Crippen LogP) is 2.94. The number of hydrogen-bond acceptors (Lipinski definition) is 4. The monoisotopic (exact) mass is 370 g/mol. The Morgan fingerprint density at radius 1 is 1.11 bits per heavy atom. The van der Waals surface area contributed by atoms with Gasteiger partial charge in [-0.1, -0.05) is 30.3 Å². The van der Waals surface area contributed by atoms with E-state index in [1.807, 2.05) is 48.9 Å². The number of aromatic nitrogens is 2. The van der Waals surface area contributed by atoms with Crippen LogP contribution in [0.1, 0.15) is 38.2 Å². The number of hydrogen-bond donors (Lipinski definition) is 1. The van der Waals surface area contributed by atoms with Gasteiger partial charge in [0, 0.05) is 44.3 Å². The Morgan fingerprint density at radius 2 is 1.70 bits per heavy atom. The van der Waals surface area contributed by atoms with E-state index in [1.165, 1.54) is 0 Å². The van der Waals surface area contributed by atoms with Crippen LogP contribution in [0, 0.1) is 6.92 Å². The molecule has 2 aromatic rings. The third kappa shape index (κ3) is 3.92. The second-order valence-corrected chi connectivity index (χ2v) is 8.27. The maximum absolute atomic E-state index is 12.2. The number of carbonyl (C=O) groups is 1. The van der Waals surface area contributed by atoms with E-state index in [0.717, 1.165) is 49.0 Å². The van der Waals surface area contributed by atoms with E-state index in [-0.39, 0.29) is 5.54 Å². The highest BCUT2D eigenvalue weighted by Crippen LogP contribution is 2.30. The number of rotatable bonds is 4. The summed E-state index contributed by atoms with van der Waals surface area (Å²) in [6.07, 6.45) is 0. The molecule has 1 atom stereocenters. The van der Waals surface area contributed by atoms with Crippen molar-refractivity contribution in [3.8, 4) is 11.4 Å². The summed E-state index contributed by atoms with van der Waals surface area (Å²) in [5.41, 5.74) is 2.65. The lowest BCUT2D eigenvalue weighted by molar-refractivity contribution is -0.145. The molecule has 1 fully saturated rings. The Kier molecular flexibility index (Phi) is 5.40. The maximum atomic E-state index is 12.2. The molecule has 1 aromatic carbocycles. The third-order valence-corrected chi connectivity index (χ3v) is 5.48. The lowest BCUT2D eigenvalue weighted by Gasteiger charge is -2.43. The minimum Gasteiger partial charge on any atom is -0.480 e. The van der Waals surface area contributed by atoms with E-state index < -0.39 is 12.0 Å². The molecule has 0 aliphatic carbocycles. The average Bonchev–Trinajstić information content (AvgIpc) is 2.91. The molecule has 1 N–H and O–H groups in total. The average molecular weight is 370 g/mol. The molecule has 6 heteroatoms. The molecule has 3 rings (SSSR count). The van der Waals surface area contributed by atoms with Gasteiger partial charge in [-0.05, 0) is 27.7 Å². The number of carboxylic acid groups (broad SMARTS) is 1. The quantitative estimate of drug-likeness (QED) is 0.897. The molecule has 1 saturated heterocycles. The van der Waals surface area contributed by atoms with E-state index in [1.54, 1.807) is 0 Å². The normalized spacial score (nSPS) is 17.8. The van der Waals surface area contributed by atoms with Crippen molar-refractivity contribution in [2.24, 2.45) is 7.05 Å². The fourth-order valence-corrected chi connectivity index (χ4v) is 3.97. The summed E-state index contributed by atoms with van der Waals surface area (Å²) < 4.78 is 1.94. The largest absolute Gasteiger partial charge is 0.480 e. The first-order chi connectivity index (χ1) is 12.7. The Bertz CT molecular complexity index is 800. The highest BCUT2D eigenvalue weighted by Gasteiger charge is 2.36. The Hall–Kier alpha value is -2.18. The molecule has 27 heavy (non-hydrogen) atoms. The number of piperazine rings is 1. The van der Waals surface area contributed by atoms with Gasteiger partial charge >= 0.3 is 5.97 Å². The zero-order valence-corrected chi connectivity index (χ0v) is 16.9. The third-order valence-electron chi connectivity index (χ3n) is 5.48. The topological polar surface area (TPSA) is 61.6 Å². The molecule has 0 radical (unpaired) electrons. The van der Waals surface area contributed by atoms with Gasteiger partial charge in [-0.15, -0.1) is 0 Å². The van der Waals surface area contributed by atoms with Gasteiger partial charge in [0.15, 0.2) is 6.04 Å². The molecule has 2 heterocycles. The molecule has 1 aliphatic rings. The summed E-state index contributed by atoms with van der Waals surface area (Å²) in [6.45, 7) is 11.7. The standard InChI is InChI=1S/C21H30N4O2/c1-15-17(23(5)19(22-15)16-9-7-6-8-10-16)18(20(26)27)24-11-13-25(14-12-24)21(2,3)4/h6-10,18H,11-14H2,1-5H3,(H,26,27). The summed E-state index contributed by atoms with van der Waals surface area (Å²) in [7, 11) is 1.92. The molecule has 146 valence electrons. The van der Waals surface area contributed by atoms with Crippen molar-refractivity contribution in [1.82, 2.24) is 19.4 Å². The van der Waals surface area contributed by atoms with Crippen LogP contribution in [0.25, 0.3) is 11.4 Å². The van der Waals surface area contributed by atoms with Crippen molar-refractivity contribution >= 4 is 5.97 Å². The minimum absolute atomic E-state index is 0.105. The number of nitrogens with zero attached hydrogens (tertiary/aromatic N) is 4. The van der Waals surface area contributed by atoms with Crippen LogP contribution in [0.15, 0.2) is 30.3 Å². The Balaban J connectivity index is 1.91. The molecular formula is C21H30N4O2. The highest BCUT2D eigenvalue weighted by atomic mass is 16.4. The molecule has 0 amide bonds. The van der Waals surface area contributed by atoms with E-state index in [2.05, 4.69) is 30.6 Å². The van der Waals surface area contributed by atoms with Gasteiger partial charge in [-0.3, -0.25) is 14.6 Å². The number of imidazole rings is 1. The summed E-state index contributed by atoms with van der Waals surface area (Å²) in [4.78, 5) is 21.4. The van der Waals surface area contributed by atoms with Crippen LogP contribution in [-0.2, 0) is 11.8 Å². The Labute approximate surface area is 161 Å². The number of benzene rings is 1. The van der Waals surface area contributed by atoms with Crippen molar-refractivity contribution < 1.29 is 9.90 Å². The second-order valence-electron chi connectivity index (χ2n) is 8.27. The zero-order chi connectivity index (χ0) is 19.8. The van der Waals surface area contributed by atoms with E-state index in [4.69, 9.17) is 4.98 Å². The van der Waals surface area contributed by atoms with E-state index in [0.29, 0.717) is 0 Å². The van der Waals surface area contributed by atoms with Gasteiger partial charge in [0.2, 0.25) is 0 Å². The molecule has 6 nitrogen and oxygen atoms in total. The Morgan fingerprint density at radius 3 is 2.22 bits per heavy atom.